The Kier molecular flexibility index (Phi) is 4.27. The number of carbonyl (C=O) groups excluding carboxylic acids is 1. The van der Waals surface area contributed by atoms with Gasteiger partial charge >= 0.3 is 0 Å². The van der Waals surface area contributed by atoms with Gasteiger partial charge < -0.3 is 10.6 Å². The number of nitrogens with one attached hydrogen (secondary N) is 2. The second kappa shape index (κ2) is 6.39. The van der Waals surface area contributed by atoms with Crippen molar-refractivity contribution in [3.8, 4) is 0 Å². The summed E-state index contributed by atoms with van der Waals surface area (Å²) < 4.78 is 0.717. The molecule has 0 spiro atoms. The van der Waals surface area contributed by atoms with E-state index in [0.29, 0.717) is 26.5 Å². The van der Waals surface area contributed by atoms with Crippen molar-refractivity contribution in [2.75, 3.05) is 0 Å². The van der Waals surface area contributed by atoms with E-state index in [1.165, 1.54) is 29.5 Å². The van der Waals surface area contributed by atoms with Crippen molar-refractivity contribution in [3.63, 3.8) is 0 Å². The minimum Gasteiger partial charge on any atom is -0.346 e. The summed E-state index contributed by atoms with van der Waals surface area (Å²) in [6, 6.07) is 8.75. The van der Waals surface area contributed by atoms with E-state index in [9.17, 15) is 4.79 Å². The van der Waals surface area contributed by atoms with Crippen LogP contribution in [0.25, 0.3) is 0 Å². The summed E-state index contributed by atoms with van der Waals surface area (Å²) in [5, 5.41) is 15.8. The number of amides is 1. The maximum atomic E-state index is 12.3. The molecule has 5 nitrogen and oxygen atoms in total. The summed E-state index contributed by atoms with van der Waals surface area (Å²) in [4.78, 5) is 13.3. The quantitative estimate of drug-likeness (QED) is 0.870. The zero-order valence-electron chi connectivity index (χ0n) is 12.2. The number of hydrogen-bond acceptors (Lipinski definition) is 6. The Morgan fingerprint density at radius 1 is 1.35 bits per heavy atom. The Morgan fingerprint density at radius 3 is 2.96 bits per heavy atom. The Labute approximate surface area is 147 Å². The molecule has 0 aliphatic carbocycles. The van der Waals surface area contributed by atoms with Crippen molar-refractivity contribution in [2.45, 2.75) is 46.6 Å². The van der Waals surface area contributed by atoms with E-state index in [1.807, 2.05) is 24.3 Å². The maximum Gasteiger partial charge on any atom is 0.282 e. The molecule has 2 saturated heterocycles. The van der Waals surface area contributed by atoms with Gasteiger partial charge in [-0.15, -0.1) is 10.2 Å². The van der Waals surface area contributed by atoms with E-state index < -0.39 is 0 Å². The summed E-state index contributed by atoms with van der Waals surface area (Å²) in [5.74, 6) is -0.132. The van der Waals surface area contributed by atoms with Gasteiger partial charge in [0.05, 0.1) is 5.02 Å². The number of rotatable bonds is 4. The van der Waals surface area contributed by atoms with Crippen LogP contribution in [0.1, 0.15) is 29.1 Å². The van der Waals surface area contributed by atoms with Crippen molar-refractivity contribution in [2.24, 2.45) is 0 Å². The van der Waals surface area contributed by atoms with E-state index in [2.05, 4.69) is 20.8 Å². The van der Waals surface area contributed by atoms with Crippen molar-refractivity contribution in [3.05, 3.63) is 34.3 Å². The van der Waals surface area contributed by atoms with Gasteiger partial charge in [0, 0.05) is 23.0 Å². The Hall–Kier alpha value is -1.15. The molecule has 0 radical (unpaired) electrons. The van der Waals surface area contributed by atoms with Crippen LogP contribution in [0.4, 0.5) is 0 Å². The lowest BCUT2D eigenvalue weighted by Crippen LogP contribution is -2.42. The van der Waals surface area contributed by atoms with Crippen LogP contribution < -0.4 is 10.6 Å². The molecule has 2 N–H and O–H groups in total. The van der Waals surface area contributed by atoms with Crippen LogP contribution >= 0.6 is 34.7 Å². The van der Waals surface area contributed by atoms with Crippen molar-refractivity contribution in [1.82, 2.24) is 20.8 Å². The average molecular weight is 367 g/mol. The second-order valence-electron chi connectivity index (χ2n) is 5.77. The average Bonchev–Trinajstić information content (AvgIpc) is 3.26. The number of carbonyl (C=O) groups is 1. The summed E-state index contributed by atoms with van der Waals surface area (Å²) in [7, 11) is 0. The van der Waals surface area contributed by atoms with Crippen molar-refractivity contribution < 1.29 is 4.79 Å². The van der Waals surface area contributed by atoms with Crippen LogP contribution in [0.15, 0.2) is 33.5 Å². The predicted octanol–water partition coefficient (Wildman–Crippen LogP) is 2.97. The predicted molar refractivity (Wildman–Crippen MR) is 91.3 cm³/mol. The molecule has 120 valence electrons. The number of benzene rings is 1. The van der Waals surface area contributed by atoms with E-state index >= 15 is 0 Å². The highest BCUT2D eigenvalue weighted by Gasteiger charge is 2.40. The summed E-state index contributed by atoms with van der Waals surface area (Å²) in [6.07, 6.45) is 3.37. The molecule has 2 bridgehead atoms. The van der Waals surface area contributed by atoms with Gasteiger partial charge in [0.1, 0.15) is 0 Å². The highest BCUT2D eigenvalue weighted by atomic mass is 35.5. The molecular formula is C15H15ClN4OS2. The lowest BCUT2D eigenvalue weighted by molar-refractivity contribution is 0.0930. The number of nitrogens with zero attached hydrogens (tertiary/aromatic N) is 2. The molecule has 0 saturated carbocycles. The van der Waals surface area contributed by atoms with E-state index in [-0.39, 0.29) is 11.9 Å². The number of fused-ring (bicyclic) bond motifs is 2. The van der Waals surface area contributed by atoms with Gasteiger partial charge in [0.2, 0.25) is 5.01 Å². The van der Waals surface area contributed by atoms with Crippen LogP contribution in [-0.2, 0) is 0 Å². The van der Waals surface area contributed by atoms with Gasteiger partial charge in [-0.3, -0.25) is 4.79 Å². The molecule has 2 aliphatic rings. The Bertz CT molecular complexity index is 738. The summed E-state index contributed by atoms with van der Waals surface area (Å²) in [6.45, 7) is 0. The molecule has 8 heteroatoms. The van der Waals surface area contributed by atoms with Gasteiger partial charge in [-0.05, 0) is 31.4 Å². The highest BCUT2D eigenvalue weighted by molar-refractivity contribution is 8.01. The first-order chi connectivity index (χ1) is 11.2. The standard InChI is InChI=1S/C15H15ClN4OS2/c16-9-3-1-2-4-12(9)22-15-20-19-14(23-15)13(21)18-11-7-8-5-6-10(11)17-8/h1-4,8,10-11,17H,5-7H2,(H,18,21)/t8-,10+,11-/m1/s1. The molecule has 0 unspecified atom stereocenters. The van der Waals surface area contributed by atoms with E-state index in [0.717, 1.165) is 17.7 Å². The molecule has 3 atom stereocenters. The molecule has 2 fully saturated rings. The first-order valence-corrected chi connectivity index (χ1v) is 9.53. The zero-order valence-corrected chi connectivity index (χ0v) is 14.5. The fourth-order valence-electron chi connectivity index (χ4n) is 3.18. The topological polar surface area (TPSA) is 66.9 Å². The van der Waals surface area contributed by atoms with Gasteiger partial charge in [0.25, 0.3) is 5.91 Å². The molecule has 2 aromatic rings. The largest absolute Gasteiger partial charge is 0.346 e. The smallest absolute Gasteiger partial charge is 0.282 e. The maximum absolute atomic E-state index is 12.3. The first-order valence-electron chi connectivity index (χ1n) is 7.52. The van der Waals surface area contributed by atoms with E-state index in [4.69, 9.17) is 11.6 Å². The SMILES string of the molecule is O=C(N[C@@H]1C[C@H]2CC[C@@H]1N2)c1nnc(Sc2ccccc2Cl)s1. The third-order valence-electron chi connectivity index (χ3n) is 4.25. The van der Waals surface area contributed by atoms with Gasteiger partial charge in [-0.2, -0.15) is 0 Å². The minimum atomic E-state index is -0.132. The zero-order chi connectivity index (χ0) is 15.8. The molecule has 2 aliphatic heterocycles. The van der Waals surface area contributed by atoms with Crippen molar-refractivity contribution in [1.29, 1.82) is 0 Å². The molecule has 1 aromatic carbocycles. The van der Waals surface area contributed by atoms with Crippen LogP contribution in [-0.4, -0.2) is 34.2 Å². The van der Waals surface area contributed by atoms with Crippen LogP contribution in [0.2, 0.25) is 5.02 Å². The lowest BCUT2D eigenvalue weighted by Gasteiger charge is -2.20. The van der Waals surface area contributed by atoms with E-state index in [1.54, 1.807) is 0 Å². The lowest BCUT2D eigenvalue weighted by atomic mass is 9.95. The highest BCUT2D eigenvalue weighted by Crippen LogP contribution is 2.34. The van der Waals surface area contributed by atoms with Gasteiger partial charge in [-0.1, -0.05) is 46.8 Å². The van der Waals surface area contributed by atoms with Gasteiger partial charge in [-0.25, -0.2) is 0 Å². The number of halogens is 1. The first kappa shape index (κ1) is 15.4. The molecule has 1 amide bonds. The third-order valence-corrected chi connectivity index (χ3v) is 6.74. The Balaban J connectivity index is 1.41. The van der Waals surface area contributed by atoms with Gasteiger partial charge in [0.15, 0.2) is 4.34 Å². The normalized spacial score (nSPS) is 25.7. The molecule has 1 aromatic heterocycles. The fourth-order valence-corrected chi connectivity index (χ4v) is 5.16. The fraction of sp³-hybridized carbons (Fsp3) is 0.400. The monoisotopic (exact) mass is 366 g/mol. The molecule has 4 rings (SSSR count). The molecule has 3 heterocycles. The summed E-state index contributed by atoms with van der Waals surface area (Å²) in [5.41, 5.74) is 0. The second-order valence-corrected chi connectivity index (χ2v) is 8.44. The third kappa shape index (κ3) is 3.24. The summed E-state index contributed by atoms with van der Waals surface area (Å²) >= 11 is 8.87. The van der Waals surface area contributed by atoms with Crippen LogP contribution in [0.3, 0.4) is 0 Å². The molecular weight excluding hydrogens is 352 g/mol. The van der Waals surface area contributed by atoms with Crippen molar-refractivity contribution >= 4 is 40.6 Å². The Morgan fingerprint density at radius 2 is 2.22 bits per heavy atom. The molecule has 23 heavy (non-hydrogen) atoms. The number of aromatic nitrogens is 2. The van der Waals surface area contributed by atoms with Crippen LogP contribution in [0.5, 0.6) is 0 Å². The van der Waals surface area contributed by atoms with Crippen LogP contribution in [0, 0.1) is 0 Å². The number of hydrogen-bond donors (Lipinski definition) is 2. The minimum absolute atomic E-state index is 0.132.